The average molecular weight is 215 g/mol. The summed E-state index contributed by atoms with van der Waals surface area (Å²) in [7, 11) is 0. The van der Waals surface area contributed by atoms with Gasteiger partial charge in [-0.25, -0.2) is 0 Å². The zero-order valence-electron chi connectivity index (χ0n) is 9.70. The van der Waals surface area contributed by atoms with Crippen molar-refractivity contribution in [3.8, 4) is 5.75 Å². The van der Waals surface area contributed by atoms with E-state index < -0.39 is 0 Å². The molecular formula is C14H17NO. The molecule has 0 saturated heterocycles. The van der Waals surface area contributed by atoms with Gasteiger partial charge in [-0.15, -0.1) is 0 Å². The molecule has 0 heterocycles. The molecule has 0 unspecified atom stereocenters. The van der Waals surface area contributed by atoms with Crippen LogP contribution in [0, 0.1) is 0 Å². The Bertz CT molecular complexity index is 517. The van der Waals surface area contributed by atoms with Gasteiger partial charge < -0.3 is 10.8 Å². The summed E-state index contributed by atoms with van der Waals surface area (Å²) in [5.74, 6) is 0.790. The zero-order valence-corrected chi connectivity index (χ0v) is 9.70. The van der Waals surface area contributed by atoms with E-state index in [0.29, 0.717) is 18.2 Å². The topological polar surface area (TPSA) is 46.2 Å². The maximum atomic E-state index is 9.93. The van der Waals surface area contributed by atoms with Crippen molar-refractivity contribution in [2.45, 2.75) is 26.3 Å². The molecule has 0 spiro atoms. The highest BCUT2D eigenvalue weighted by Crippen LogP contribution is 2.29. The number of rotatable bonds is 2. The normalized spacial score (nSPS) is 11.2. The predicted molar refractivity (Wildman–Crippen MR) is 67.6 cm³/mol. The van der Waals surface area contributed by atoms with E-state index in [-0.39, 0.29) is 0 Å². The predicted octanol–water partition coefficient (Wildman–Crippen LogP) is 3.13. The molecule has 0 atom stereocenters. The van der Waals surface area contributed by atoms with Gasteiger partial charge >= 0.3 is 0 Å². The van der Waals surface area contributed by atoms with Crippen LogP contribution in [0.2, 0.25) is 0 Å². The second kappa shape index (κ2) is 4.14. The Kier molecular flexibility index (Phi) is 2.84. The van der Waals surface area contributed by atoms with E-state index in [1.165, 1.54) is 5.56 Å². The van der Waals surface area contributed by atoms with E-state index in [1.54, 1.807) is 6.07 Å². The minimum Gasteiger partial charge on any atom is -0.507 e. The molecule has 0 fully saturated rings. The van der Waals surface area contributed by atoms with Crippen molar-refractivity contribution in [3.05, 3.63) is 41.5 Å². The van der Waals surface area contributed by atoms with Gasteiger partial charge in [0, 0.05) is 11.9 Å². The lowest BCUT2D eigenvalue weighted by Gasteiger charge is -2.09. The maximum absolute atomic E-state index is 9.93. The average Bonchev–Trinajstić information content (AvgIpc) is 2.28. The van der Waals surface area contributed by atoms with Gasteiger partial charge in [-0.1, -0.05) is 26.0 Å². The van der Waals surface area contributed by atoms with Crippen LogP contribution in [0.25, 0.3) is 10.8 Å². The van der Waals surface area contributed by atoms with Gasteiger partial charge in [0.05, 0.1) is 0 Å². The van der Waals surface area contributed by atoms with Crippen LogP contribution in [0.15, 0.2) is 30.3 Å². The fraction of sp³-hybridized carbons (Fsp3) is 0.286. The molecule has 0 amide bonds. The smallest absolute Gasteiger partial charge is 0.123 e. The SMILES string of the molecule is CC(C)c1ccc2cc(CN)cc(O)c2c1. The highest BCUT2D eigenvalue weighted by molar-refractivity contribution is 5.89. The lowest BCUT2D eigenvalue weighted by molar-refractivity contribution is 0.481. The number of phenols is 1. The number of hydrogen-bond acceptors (Lipinski definition) is 2. The second-order valence-corrected chi connectivity index (χ2v) is 4.45. The van der Waals surface area contributed by atoms with E-state index in [2.05, 4.69) is 26.0 Å². The van der Waals surface area contributed by atoms with Crippen LogP contribution in [0.3, 0.4) is 0 Å². The molecule has 16 heavy (non-hydrogen) atoms. The Morgan fingerprint density at radius 3 is 2.56 bits per heavy atom. The Morgan fingerprint density at radius 2 is 1.94 bits per heavy atom. The quantitative estimate of drug-likeness (QED) is 0.808. The van der Waals surface area contributed by atoms with Crippen LogP contribution in [-0.2, 0) is 6.54 Å². The summed E-state index contributed by atoms with van der Waals surface area (Å²) >= 11 is 0. The fourth-order valence-corrected chi connectivity index (χ4v) is 1.89. The Balaban J connectivity index is 2.65. The fourth-order valence-electron chi connectivity index (χ4n) is 1.89. The van der Waals surface area contributed by atoms with Crippen molar-refractivity contribution in [3.63, 3.8) is 0 Å². The molecule has 2 aromatic rings. The summed E-state index contributed by atoms with van der Waals surface area (Å²) in [5.41, 5.74) is 7.78. The minimum absolute atomic E-state index is 0.320. The summed E-state index contributed by atoms with van der Waals surface area (Å²) in [6, 6.07) is 9.97. The van der Waals surface area contributed by atoms with Crippen LogP contribution in [0.5, 0.6) is 5.75 Å². The van der Waals surface area contributed by atoms with Gasteiger partial charge in [0.15, 0.2) is 0 Å². The maximum Gasteiger partial charge on any atom is 0.123 e. The van der Waals surface area contributed by atoms with Crippen LogP contribution < -0.4 is 5.73 Å². The lowest BCUT2D eigenvalue weighted by Crippen LogP contribution is -1.96. The molecule has 0 aromatic heterocycles. The molecule has 0 aliphatic heterocycles. The third-order valence-corrected chi connectivity index (χ3v) is 2.92. The summed E-state index contributed by atoms with van der Waals surface area (Å²) < 4.78 is 0. The van der Waals surface area contributed by atoms with Crippen molar-refractivity contribution in [1.29, 1.82) is 0 Å². The van der Waals surface area contributed by atoms with Crippen LogP contribution in [0.4, 0.5) is 0 Å². The Hall–Kier alpha value is -1.54. The van der Waals surface area contributed by atoms with Crippen LogP contribution in [-0.4, -0.2) is 5.11 Å². The van der Waals surface area contributed by atoms with Gasteiger partial charge in [0.1, 0.15) is 5.75 Å². The highest BCUT2D eigenvalue weighted by atomic mass is 16.3. The van der Waals surface area contributed by atoms with Crippen molar-refractivity contribution in [1.82, 2.24) is 0 Å². The Morgan fingerprint density at radius 1 is 1.19 bits per heavy atom. The van der Waals surface area contributed by atoms with Crippen LogP contribution in [0.1, 0.15) is 30.9 Å². The number of hydrogen-bond donors (Lipinski definition) is 2. The molecule has 0 aliphatic rings. The first kappa shape index (κ1) is 11.0. The molecule has 0 aliphatic carbocycles. The first-order chi connectivity index (χ1) is 7.61. The lowest BCUT2D eigenvalue weighted by atomic mass is 9.98. The van der Waals surface area contributed by atoms with Gasteiger partial charge in [-0.05, 0) is 40.6 Å². The molecule has 0 saturated carbocycles. The summed E-state index contributed by atoms with van der Waals surface area (Å²) in [6.07, 6.45) is 0. The summed E-state index contributed by atoms with van der Waals surface area (Å²) in [4.78, 5) is 0. The first-order valence-corrected chi connectivity index (χ1v) is 5.57. The number of aromatic hydroxyl groups is 1. The number of benzene rings is 2. The standard InChI is InChI=1S/C14H17NO/c1-9(2)11-3-4-12-5-10(8-15)6-14(16)13(12)7-11/h3-7,9,16H,8,15H2,1-2H3. The van der Waals surface area contributed by atoms with Crippen molar-refractivity contribution >= 4 is 10.8 Å². The summed E-state index contributed by atoms with van der Waals surface area (Å²) in [5, 5.41) is 11.9. The van der Waals surface area contributed by atoms with Crippen molar-refractivity contribution in [2.24, 2.45) is 5.73 Å². The molecule has 84 valence electrons. The van der Waals surface area contributed by atoms with E-state index in [4.69, 9.17) is 5.73 Å². The minimum atomic E-state index is 0.320. The molecule has 2 heteroatoms. The van der Waals surface area contributed by atoms with Crippen molar-refractivity contribution in [2.75, 3.05) is 0 Å². The van der Waals surface area contributed by atoms with E-state index in [1.807, 2.05) is 12.1 Å². The number of nitrogens with two attached hydrogens (primary N) is 1. The third-order valence-electron chi connectivity index (χ3n) is 2.92. The number of phenolic OH excluding ortho intramolecular Hbond substituents is 1. The summed E-state index contributed by atoms with van der Waals surface area (Å²) in [6.45, 7) is 4.74. The van der Waals surface area contributed by atoms with Gasteiger partial charge in [0.2, 0.25) is 0 Å². The van der Waals surface area contributed by atoms with Gasteiger partial charge in [-0.3, -0.25) is 0 Å². The molecule has 2 rings (SSSR count). The molecule has 0 bridgehead atoms. The molecule has 2 nitrogen and oxygen atoms in total. The molecule has 3 N–H and O–H groups in total. The molecule has 2 aromatic carbocycles. The second-order valence-electron chi connectivity index (χ2n) is 4.45. The first-order valence-electron chi connectivity index (χ1n) is 5.57. The molecular weight excluding hydrogens is 198 g/mol. The largest absolute Gasteiger partial charge is 0.507 e. The molecule has 0 radical (unpaired) electrons. The van der Waals surface area contributed by atoms with E-state index in [9.17, 15) is 5.11 Å². The Labute approximate surface area is 95.7 Å². The van der Waals surface area contributed by atoms with E-state index >= 15 is 0 Å². The van der Waals surface area contributed by atoms with Gasteiger partial charge in [0.25, 0.3) is 0 Å². The van der Waals surface area contributed by atoms with Gasteiger partial charge in [-0.2, -0.15) is 0 Å². The zero-order chi connectivity index (χ0) is 11.7. The van der Waals surface area contributed by atoms with Crippen LogP contribution >= 0.6 is 0 Å². The monoisotopic (exact) mass is 215 g/mol. The highest BCUT2D eigenvalue weighted by Gasteiger charge is 2.05. The number of fused-ring (bicyclic) bond motifs is 1. The van der Waals surface area contributed by atoms with Crippen molar-refractivity contribution < 1.29 is 5.11 Å². The van der Waals surface area contributed by atoms with E-state index in [0.717, 1.165) is 16.3 Å². The third kappa shape index (κ3) is 1.89.